The first-order valence-electron chi connectivity index (χ1n) is 18.7. The van der Waals surface area contributed by atoms with E-state index in [9.17, 15) is 0 Å². The van der Waals surface area contributed by atoms with Crippen LogP contribution in [-0.4, -0.2) is 0 Å². The quantitative estimate of drug-likeness (QED) is 0.164. The molecule has 54 heavy (non-hydrogen) atoms. The summed E-state index contributed by atoms with van der Waals surface area (Å²) in [7, 11) is 0. The monoisotopic (exact) mass is 684 g/mol. The van der Waals surface area contributed by atoms with Gasteiger partial charge in [-0.1, -0.05) is 170 Å². The highest BCUT2D eigenvalue weighted by molar-refractivity contribution is 6.09. The molecule has 10 rings (SSSR count). The smallest absolute Gasteiger partial charge is 0.00926 e. The molecule has 0 radical (unpaired) electrons. The molecule has 0 aliphatic heterocycles. The van der Waals surface area contributed by atoms with E-state index in [4.69, 9.17) is 0 Å². The van der Waals surface area contributed by atoms with Gasteiger partial charge >= 0.3 is 0 Å². The van der Waals surface area contributed by atoms with Crippen LogP contribution >= 0.6 is 0 Å². The summed E-state index contributed by atoms with van der Waals surface area (Å²) in [5.74, 6) is 0. The van der Waals surface area contributed by atoms with E-state index < -0.39 is 0 Å². The van der Waals surface area contributed by atoms with Gasteiger partial charge in [0.05, 0.1) is 0 Å². The number of rotatable bonds is 6. The largest absolute Gasteiger partial charge is 0.0622 e. The van der Waals surface area contributed by atoms with Gasteiger partial charge < -0.3 is 0 Å². The first-order chi connectivity index (χ1) is 26.7. The minimum Gasteiger partial charge on any atom is -0.0622 e. The minimum atomic E-state index is 1.21. The number of hydrogen-bond acceptors (Lipinski definition) is 0. The Hall–Kier alpha value is -7.02. The van der Waals surface area contributed by atoms with Crippen LogP contribution < -0.4 is 0 Å². The maximum absolute atomic E-state index is 2.40. The van der Waals surface area contributed by atoms with E-state index in [0.717, 1.165) is 0 Å². The molecule has 0 fully saturated rings. The molecule has 0 unspecified atom stereocenters. The third-order valence-electron chi connectivity index (χ3n) is 10.8. The van der Waals surface area contributed by atoms with Crippen LogP contribution in [-0.2, 0) is 0 Å². The van der Waals surface area contributed by atoms with E-state index in [1.807, 2.05) is 0 Å². The first-order valence-corrected chi connectivity index (χ1v) is 18.7. The fourth-order valence-corrected chi connectivity index (χ4v) is 7.98. The molecule has 0 spiro atoms. The van der Waals surface area contributed by atoms with Crippen LogP contribution in [0.4, 0.5) is 0 Å². The fraction of sp³-hybridized carbons (Fsp3) is 0. The third-order valence-corrected chi connectivity index (χ3v) is 10.8. The summed E-state index contributed by atoms with van der Waals surface area (Å²) in [6.45, 7) is 0. The highest BCUT2D eigenvalue weighted by atomic mass is 14.2. The van der Waals surface area contributed by atoms with Gasteiger partial charge in [0.15, 0.2) is 0 Å². The molecule has 0 bridgehead atoms. The maximum Gasteiger partial charge on any atom is -0.00926 e. The summed E-state index contributed by atoms with van der Waals surface area (Å²) >= 11 is 0. The van der Waals surface area contributed by atoms with Gasteiger partial charge in [0.1, 0.15) is 0 Å². The van der Waals surface area contributed by atoms with Crippen molar-refractivity contribution in [3.8, 4) is 66.8 Å². The summed E-state index contributed by atoms with van der Waals surface area (Å²) in [6.07, 6.45) is 0. The van der Waals surface area contributed by atoms with E-state index in [1.165, 1.54) is 99.1 Å². The molecule has 0 saturated carbocycles. The van der Waals surface area contributed by atoms with Gasteiger partial charge in [-0.25, -0.2) is 0 Å². The lowest BCUT2D eigenvalue weighted by Gasteiger charge is -2.17. The Bertz CT molecular complexity index is 2740. The fourth-order valence-electron chi connectivity index (χ4n) is 7.98. The lowest BCUT2D eigenvalue weighted by Crippen LogP contribution is -1.91. The Morgan fingerprint density at radius 1 is 0.167 bits per heavy atom. The lowest BCUT2D eigenvalue weighted by atomic mass is 9.86. The van der Waals surface area contributed by atoms with E-state index in [-0.39, 0.29) is 0 Å². The SMILES string of the molecule is c1ccc(-c2ccc3cc(-c4cc(-c5ccccc5)c5cc(-c6ccc7cc(-c8ccccc8)ccc7c6)cc(-c6ccccc6)c5c4)ccc3c2)cc1. The zero-order chi connectivity index (χ0) is 35.8. The molecule has 0 aromatic heterocycles. The molecule has 0 aliphatic carbocycles. The Morgan fingerprint density at radius 2 is 0.444 bits per heavy atom. The number of fused-ring (bicyclic) bond motifs is 3. The molecular weight excluding hydrogens is 649 g/mol. The molecule has 0 nitrogen and oxygen atoms in total. The molecule has 0 saturated heterocycles. The van der Waals surface area contributed by atoms with Gasteiger partial charge in [0.2, 0.25) is 0 Å². The van der Waals surface area contributed by atoms with Gasteiger partial charge in [-0.15, -0.1) is 0 Å². The first kappa shape index (κ1) is 31.7. The highest BCUT2D eigenvalue weighted by Gasteiger charge is 2.16. The van der Waals surface area contributed by atoms with Crippen LogP contribution in [0.3, 0.4) is 0 Å². The van der Waals surface area contributed by atoms with Crippen molar-refractivity contribution in [2.24, 2.45) is 0 Å². The van der Waals surface area contributed by atoms with Crippen LogP contribution in [0.15, 0.2) is 218 Å². The molecule has 0 heterocycles. The second-order valence-corrected chi connectivity index (χ2v) is 14.2. The molecule has 0 aliphatic rings. The normalized spacial score (nSPS) is 11.3. The molecule has 0 atom stereocenters. The Morgan fingerprint density at radius 3 is 0.759 bits per heavy atom. The van der Waals surface area contributed by atoms with E-state index in [0.29, 0.717) is 0 Å². The molecule has 0 heteroatoms. The van der Waals surface area contributed by atoms with Gasteiger partial charge in [0, 0.05) is 0 Å². The molecule has 0 N–H and O–H groups in total. The highest BCUT2D eigenvalue weighted by Crippen LogP contribution is 2.42. The van der Waals surface area contributed by atoms with E-state index >= 15 is 0 Å². The second kappa shape index (κ2) is 13.5. The average molecular weight is 685 g/mol. The maximum atomic E-state index is 2.40. The Balaban J connectivity index is 1.15. The van der Waals surface area contributed by atoms with Gasteiger partial charge in [-0.05, 0) is 148 Å². The Kier molecular flexibility index (Phi) is 7.93. The van der Waals surface area contributed by atoms with Crippen molar-refractivity contribution in [1.82, 2.24) is 0 Å². The zero-order valence-electron chi connectivity index (χ0n) is 29.8. The summed E-state index contributed by atoms with van der Waals surface area (Å²) in [4.78, 5) is 0. The van der Waals surface area contributed by atoms with Crippen molar-refractivity contribution < 1.29 is 0 Å². The summed E-state index contributed by atoms with van der Waals surface area (Å²) in [6, 6.07) is 79.9. The topological polar surface area (TPSA) is 0 Å². The second-order valence-electron chi connectivity index (χ2n) is 14.2. The third kappa shape index (κ3) is 5.94. The van der Waals surface area contributed by atoms with Crippen LogP contribution in [0.2, 0.25) is 0 Å². The standard InChI is InChI=1S/C54H36/c1-5-13-37(14-6-1)41-21-23-45-31-47(27-25-43(45)29-41)49-33-51(39-17-9-3-10-18-39)54-36-50(34-52(53(54)35-49)40-19-11-4-12-20-40)48-28-26-44-30-42(22-24-46(44)32-48)38-15-7-2-8-16-38/h1-36H. The van der Waals surface area contributed by atoms with Crippen LogP contribution in [0.5, 0.6) is 0 Å². The molecular formula is C54H36. The number of benzene rings is 10. The molecule has 10 aromatic carbocycles. The molecule has 10 aromatic rings. The zero-order valence-corrected chi connectivity index (χ0v) is 29.8. The van der Waals surface area contributed by atoms with Crippen molar-refractivity contribution in [1.29, 1.82) is 0 Å². The van der Waals surface area contributed by atoms with Gasteiger partial charge in [-0.3, -0.25) is 0 Å². The summed E-state index contributed by atoms with van der Waals surface area (Å²) in [5.41, 5.74) is 14.7. The van der Waals surface area contributed by atoms with E-state index in [2.05, 4.69) is 218 Å². The van der Waals surface area contributed by atoms with Gasteiger partial charge in [-0.2, -0.15) is 0 Å². The van der Waals surface area contributed by atoms with Crippen molar-refractivity contribution in [2.45, 2.75) is 0 Å². The summed E-state index contributed by atoms with van der Waals surface area (Å²) < 4.78 is 0. The average Bonchev–Trinajstić information content (AvgIpc) is 3.26. The van der Waals surface area contributed by atoms with Gasteiger partial charge in [0.25, 0.3) is 0 Å². The van der Waals surface area contributed by atoms with Crippen LogP contribution in [0.25, 0.3) is 99.1 Å². The van der Waals surface area contributed by atoms with Crippen molar-refractivity contribution >= 4 is 32.3 Å². The lowest BCUT2D eigenvalue weighted by molar-refractivity contribution is 1.60. The van der Waals surface area contributed by atoms with Crippen LogP contribution in [0.1, 0.15) is 0 Å². The Labute approximate surface area is 316 Å². The summed E-state index contributed by atoms with van der Waals surface area (Å²) in [5, 5.41) is 7.44. The van der Waals surface area contributed by atoms with E-state index in [1.54, 1.807) is 0 Å². The predicted octanol–water partition coefficient (Wildman–Crippen LogP) is 15.1. The van der Waals surface area contributed by atoms with Crippen LogP contribution in [0, 0.1) is 0 Å². The molecule has 252 valence electrons. The minimum absolute atomic E-state index is 1.21. The molecule has 0 amide bonds. The predicted molar refractivity (Wildman–Crippen MR) is 232 cm³/mol. The number of hydrogen-bond donors (Lipinski definition) is 0. The van der Waals surface area contributed by atoms with Crippen molar-refractivity contribution in [3.05, 3.63) is 218 Å². The van der Waals surface area contributed by atoms with Crippen molar-refractivity contribution in [2.75, 3.05) is 0 Å². The van der Waals surface area contributed by atoms with Crippen molar-refractivity contribution in [3.63, 3.8) is 0 Å².